The lowest BCUT2D eigenvalue weighted by Crippen LogP contribution is -1.96. The van der Waals surface area contributed by atoms with Gasteiger partial charge in [0.1, 0.15) is 11.9 Å². The first-order chi connectivity index (χ1) is 7.09. The Morgan fingerprint density at radius 2 is 2.40 bits per heavy atom. The van der Waals surface area contributed by atoms with Gasteiger partial charge in [0.05, 0.1) is 4.92 Å². The van der Waals surface area contributed by atoms with E-state index in [1.807, 2.05) is 0 Å². The van der Waals surface area contributed by atoms with Crippen LogP contribution in [0.4, 0.5) is 10.8 Å². The Bertz CT molecular complexity index is 517. The molecule has 0 aromatic carbocycles. The summed E-state index contributed by atoms with van der Waals surface area (Å²) in [7, 11) is 1.62. The SMILES string of the molecule is Cn1ncc([N+](=O)[O-])c1-c1csc(N)n1. The number of thiazole rings is 1. The maximum absolute atomic E-state index is 10.7. The van der Waals surface area contributed by atoms with Crippen LogP contribution in [0.15, 0.2) is 11.6 Å². The Kier molecular flexibility index (Phi) is 2.12. The molecular weight excluding hydrogens is 218 g/mol. The molecule has 2 aromatic heterocycles. The average Bonchev–Trinajstić information content (AvgIpc) is 2.71. The van der Waals surface area contributed by atoms with Crippen molar-refractivity contribution in [3.05, 3.63) is 21.7 Å². The van der Waals surface area contributed by atoms with E-state index in [2.05, 4.69) is 10.1 Å². The molecular formula is C7H7N5O2S. The number of nitrogens with zero attached hydrogens (tertiary/aromatic N) is 4. The molecule has 2 N–H and O–H groups in total. The molecule has 0 bridgehead atoms. The van der Waals surface area contributed by atoms with Crippen molar-refractivity contribution in [2.45, 2.75) is 0 Å². The highest BCUT2D eigenvalue weighted by molar-refractivity contribution is 7.13. The maximum Gasteiger partial charge on any atom is 0.316 e. The molecule has 7 nitrogen and oxygen atoms in total. The Balaban J connectivity index is 2.60. The first-order valence-corrected chi connectivity index (χ1v) is 4.85. The van der Waals surface area contributed by atoms with Crippen molar-refractivity contribution < 1.29 is 4.92 Å². The summed E-state index contributed by atoms with van der Waals surface area (Å²) in [4.78, 5) is 14.2. The summed E-state index contributed by atoms with van der Waals surface area (Å²) in [6.45, 7) is 0. The van der Waals surface area contributed by atoms with Gasteiger partial charge in [0.15, 0.2) is 10.8 Å². The van der Waals surface area contributed by atoms with Gasteiger partial charge in [-0.2, -0.15) is 5.10 Å². The smallest absolute Gasteiger partial charge is 0.316 e. The molecule has 0 saturated carbocycles. The van der Waals surface area contributed by atoms with Crippen molar-refractivity contribution in [3.8, 4) is 11.4 Å². The molecule has 15 heavy (non-hydrogen) atoms. The standard InChI is InChI=1S/C7H7N5O2S/c1-11-6(4-3-15-7(8)10-4)5(2-9-11)12(13)14/h2-3H,1H3,(H2,8,10). The van der Waals surface area contributed by atoms with E-state index in [-0.39, 0.29) is 5.69 Å². The van der Waals surface area contributed by atoms with E-state index in [0.717, 1.165) is 0 Å². The van der Waals surface area contributed by atoms with Crippen LogP contribution in [0.25, 0.3) is 11.4 Å². The summed E-state index contributed by atoms with van der Waals surface area (Å²) in [5.41, 5.74) is 6.25. The predicted octanol–water partition coefficient (Wildman–Crippen LogP) is 1.03. The maximum atomic E-state index is 10.7. The van der Waals surface area contributed by atoms with Gasteiger partial charge in [0, 0.05) is 12.4 Å². The summed E-state index contributed by atoms with van der Waals surface area (Å²) in [5, 5.41) is 16.6. The molecule has 0 radical (unpaired) electrons. The Morgan fingerprint density at radius 3 is 2.93 bits per heavy atom. The molecule has 0 amide bonds. The first kappa shape index (κ1) is 9.59. The highest BCUT2D eigenvalue weighted by atomic mass is 32.1. The number of nitrogens with two attached hydrogens (primary N) is 1. The summed E-state index contributed by atoms with van der Waals surface area (Å²) in [6.07, 6.45) is 1.20. The monoisotopic (exact) mass is 225 g/mol. The zero-order chi connectivity index (χ0) is 11.0. The van der Waals surface area contributed by atoms with Crippen LogP contribution in [0.3, 0.4) is 0 Å². The fraction of sp³-hybridized carbons (Fsp3) is 0.143. The van der Waals surface area contributed by atoms with Crippen molar-refractivity contribution >= 4 is 22.2 Å². The number of aromatic nitrogens is 3. The normalized spacial score (nSPS) is 10.5. The molecule has 0 aliphatic carbocycles. The van der Waals surface area contributed by atoms with Gasteiger partial charge in [-0.05, 0) is 0 Å². The van der Waals surface area contributed by atoms with E-state index < -0.39 is 4.92 Å². The molecule has 0 fully saturated rings. The fourth-order valence-electron chi connectivity index (χ4n) is 1.25. The molecule has 0 unspecified atom stereocenters. The van der Waals surface area contributed by atoms with Gasteiger partial charge in [-0.15, -0.1) is 11.3 Å². The zero-order valence-electron chi connectivity index (χ0n) is 7.75. The second-order valence-electron chi connectivity index (χ2n) is 2.83. The predicted molar refractivity (Wildman–Crippen MR) is 55.4 cm³/mol. The van der Waals surface area contributed by atoms with Crippen LogP contribution in [0.5, 0.6) is 0 Å². The zero-order valence-corrected chi connectivity index (χ0v) is 8.56. The highest BCUT2D eigenvalue weighted by Crippen LogP contribution is 2.30. The van der Waals surface area contributed by atoms with Crippen molar-refractivity contribution in [2.24, 2.45) is 7.05 Å². The number of rotatable bonds is 2. The molecule has 78 valence electrons. The number of hydrogen-bond acceptors (Lipinski definition) is 6. The van der Waals surface area contributed by atoms with Gasteiger partial charge in [-0.1, -0.05) is 0 Å². The minimum Gasteiger partial charge on any atom is -0.375 e. The molecule has 0 aliphatic heterocycles. The van der Waals surface area contributed by atoms with Gasteiger partial charge < -0.3 is 5.73 Å². The van der Waals surface area contributed by atoms with Crippen LogP contribution in [-0.4, -0.2) is 19.7 Å². The summed E-state index contributed by atoms with van der Waals surface area (Å²) >= 11 is 1.23. The van der Waals surface area contributed by atoms with E-state index in [1.165, 1.54) is 22.2 Å². The molecule has 2 rings (SSSR count). The molecule has 0 aliphatic rings. The summed E-state index contributed by atoms with van der Waals surface area (Å²) < 4.78 is 1.41. The molecule has 2 aromatic rings. The molecule has 8 heteroatoms. The topological polar surface area (TPSA) is 99.9 Å². The number of anilines is 1. The van der Waals surface area contributed by atoms with Gasteiger partial charge in [0.2, 0.25) is 0 Å². The minimum absolute atomic E-state index is 0.0669. The number of nitrogen functional groups attached to an aromatic ring is 1. The van der Waals surface area contributed by atoms with Crippen molar-refractivity contribution in [1.29, 1.82) is 0 Å². The summed E-state index contributed by atoms with van der Waals surface area (Å²) in [6, 6.07) is 0. The molecule has 0 spiro atoms. The van der Waals surface area contributed by atoms with Crippen LogP contribution in [0, 0.1) is 10.1 Å². The quantitative estimate of drug-likeness (QED) is 0.607. The third kappa shape index (κ3) is 1.54. The first-order valence-electron chi connectivity index (χ1n) is 3.97. The fourth-order valence-corrected chi connectivity index (χ4v) is 1.80. The third-order valence-electron chi connectivity index (χ3n) is 1.88. The lowest BCUT2D eigenvalue weighted by atomic mass is 10.3. The Hall–Kier alpha value is -1.96. The molecule has 2 heterocycles. The second kappa shape index (κ2) is 3.31. The van der Waals surface area contributed by atoms with Crippen LogP contribution in [0.2, 0.25) is 0 Å². The number of hydrogen-bond donors (Lipinski definition) is 1. The van der Waals surface area contributed by atoms with E-state index in [9.17, 15) is 10.1 Å². The van der Waals surface area contributed by atoms with Gasteiger partial charge >= 0.3 is 5.69 Å². The molecule has 0 atom stereocenters. The van der Waals surface area contributed by atoms with E-state index in [4.69, 9.17) is 5.73 Å². The van der Waals surface area contributed by atoms with Crippen LogP contribution in [0.1, 0.15) is 0 Å². The van der Waals surface area contributed by atoms with Gasteiger partial charge in [-0.3, -0.25) is 14.8 Å². The van der Waals surface area contributed by atoms with Gasteiger partial charge in [-0.25, -0.2) is 4.98 Å². The lowest BCUT2D eigenvalue weighted by molar-refractivity contribution is -0.384. The van der Waals surface area contributed by atoms with Crippen LogP contribution < -0.4 is 5.73 Å². The van der Waals surface area contributed by atoms with Gasteiger partial charge in [0.25, 0.3) is 0 Å². The Labute approximate surface area is 88.3 Å². The number of nitro groups is 1. The highest BCUT2D eigenvalue weighted by Gasteiger charge is 2.22. The summed E-state index contributed by atoms with van der Waals surface area (Å²) in [5.74, 6) is 0. The van der Waals surface area contributed by atoms with Crippen LogP contribution in [-0.2, 0) is 7.05 Å². The van der Waals surface area contributed by atoms with E-state index >= 15 is 0 Å². The number of aryl methyl sites for hydroxylation is 1. The second-order valence-corrected chi connectivity index (χ2v) is 3.72. The van der Waals surface area contributed by atoms with E-state index in [1.54, 1.807) is 12.4 Å². The Morgan fingerprint density at radius 1 is 1.67 bits per heavy atom. The van der Waals surface area contributed by atoms with Crippen molar-refractivity contribution in [3.63, 3.8) is 0 Å². The average molecular weight is 225 g/mol. The molecule has 0 saturated heterocycles. The third-order valence-corrected chi connectivity index (χ3v) is 2.55. The minimum atomic E-state index is -0.488. The van der Waals surface area contributed by atoms with Crippen molar-refractivity contribution in [1.82, 2.24) is 14.8 Å². The van der Waals surface area contributed by atoms with Crippen molar-refractivity contribution in [2.75, 3.05) is 5.73 Å². The van der Waals surface area contributed by atoms with Crippen LogP contribution >= 0.6 is 11.3 Å². The largest absolute Gasteiger partial charge is 0.375 e. The van der Waals surface area contributed by atoms with E-state index in [0.29, 0.717) is 16.5 Å². The lowest BCUT2D eigenvalue weighted by Gasteiger charge is -1.96.